The number of allylic oxidation sites excluding steroid dienone is 1. The van der Waals surface area contributed by atoms with Crippen LogP contribution in [-0.4, -0.2) is 40.8 Å². The molecule has 1 aromatic carbocycles. The van der Waals surface area contributed by atoms with Gasteiger partial charge in [0.15, 0.2) is 5.78 Å². The van der Waals surface area contributed by atoms with Crippen molar-refractivity contribution >= 4 is 17.6 Å². The summed E-state index contributed by atoms with van der Waals surface area (Å²) in [6.07, 6.45) is -4.38. The Balaban J connectivity index is 2.19. The van der Waals surface area contributed by atoms with Gasteiger partial charge < -0.3 is 10.2 Å². The standard InChI is InChI=1S/C22H24F4N2O3/c1-4-5-10-28-15-11-20(2,3)12-16(29)17(15)21(19(28)31,22(24,25)26)27-18(30)13-8-6-7-9-14(13)23/h6-9H,4-5,10-12H2,1-3H3,(H,27,30). The molecule has 0 saturated heterocycles. The molecule has 9 heteroatoms. The lowest BCUT2D eigenvalue weighted by molar-refractivity contribution is -0.190. The maximum absolute atomic E-state index is 14.5. The van der Waals surface area contributed by atoms with Crippen LogP contribution in [0.15, 0.2) is 35.5 Å². The van der Waals surface area contributed by atoms with E-state index in [0.717, 1.165) is 17.0 Å². The number of amides is 2. The molecule has 5 nitrogen and oxygen atoms in total. The fourth-order valence-corrected chi connectivity index (χ4v) is 4.26. The molecule has 1 unspecified atom stereocenters. The molecule has 3 rings (SSSR count). The summed E-state index contributed by atoms with van der Waals surface area (Å²) in [6, 6.07) is 4.52. The number of alkyl halides is 3. The maximum atomic E-state index is 14.5. The van der Waals surface area contributed by atoms with E-state index in [1.807, 2.05) is 6.92 Å². The summed E-state index contributed by atoms with van der Waals surface area (Å²) in [7, 11) is 0. The monoisotopic (exact) mass is 440 g/mol. The van der Waals surface area contributed by atoms with E-state index in [4.69, 9.17) is 0 Å². The summed E-state index contributed by atoms with van der Waals surface area (Å²) >= 11 is 0. The average Bonchev–Trinajstić information content (AvgIpc) is 2.88. The second-order valence-corrected chi connectivity index (χ2v) is 8.75. The minimum absolute atomic E-state index is 0.00846. The number of nitrogens with one attached hydrogen (secondary N) is 1. The molecule has 0 radical (unpaired) electrons. The molecule has 1 aliphatic heterocycles. The maximum Gasteiger partial charge on any atom is 0.425 e. The van der Waals surface area contributed by atoms with E-state index in [1.54, 1.807) is 19.2 Å². The minimum atomic E-state index is -5.30. The first-order chi connectivity index (χ1) is 14.4. The van der Waals surface area contributed by atoms with Crippen LogP contribution in [0.25, 0.3) is 0 Å². The third-order valence-electron chi connectivity index (χ3n) is 5.70. The van der Waals surface area contributed by atoms with Gasteiger partial charge in [-0.15, -0.1) is 0 Å². The molecule has 0 spiro atoms. The predicted octanol–water partition coefficient (Wildman–Crippen LogP) is 4.14. The topological polar surface area (TPSA) is 66.5 Å². The molecule has 0 fully saturated rings. The lowest BCUT2D eigenvalue weighted by Crippen LogP contribution is -2.66. The van der Waals surface area contributed by atoms with Crippen LogP contribution < -0.4 is 5.32 Å². The van der Waals surface area contributed by atoms with Crippen molar-refractivity contribution in [2.24, 2.45) is 5.41 Å². The molecule has 31 heavy (non-hydrogen) atoms. The zero-order valence-corrected chi connectivity index (χ0v) is 17.5. The van der Waals surface area contributed by atoms with Gasteiger partial charge in [0.2, 0.25) is 5.54 Å². The molecule has 1 aliphatic carbocycles. The van der Waals surface area contributed by atoms with Crippen LogP contribution in [-0.2, 0) is 9.59 Å². The van der Waals surface area contributed by atoms with Crippen LogP contribution in [0.1, 0.15) is 56.8 Å². The van der Waals surface area contributed by atoms with Crippen LogP contribution in [0.5, 0.6) is 0 Å². The second-order valence-electron chi connectivity index (χ2n) is 8.75. The molecule has 1 N–H and O–H groups in total. The van der Waals surface area contributed by atoms with E-state index in [2.05, 4.69) is 0 Å². The summed E-state index contributed by atoms with van der Waals surface area (Å²) in [5.41, 5.74) is -5.58. The van der Waals surface area contributed by atoms with Gasteiger partial charge in [0.05, 0.1) is 11.1 Å². The Bertz CT molecular complexity index is 968. The van der Waals surface area contributed by atoms with Crippen molar-refractivity contribution in [2.45, 2.75) is 58.2 Å². The highest BCUT2D eigenvalue weighted by atomic mass is 19.4. The van der Waals surface area contributed by atoms with Gasteiger partial charge in [-0.25, -0.2) is 4.39 Å². The van der Waals surface area contributed by atoms with Crippen LogP contribution in [0, 0.1) is 11.2 Å². The first-order valence-electron chi connectivity index (χ1n) is 10.1. The Hall–Kier alpha value is -2.71. The molecular weight excluding hydrogens is 416 g/mol. The van der Waals surface area contributed by atoms with Crippen molar-refractivity contribution in [3.63, 3.8) is 0 Å². The lowest BCUT2D eigenvalue weighted by Gasteiger charge is -2.35. The summed E-state index contributed by atoms with van der Waals surface area (Å²) in [5, 5.41) is 1.73. The number of nitrogens with zero attached hydrogens (tertiary/aromatic N) is 1. The smallest absolute Gasteiger partial charge is 0.326 e. The highest BCUT2D eigenvalue weighted by Crippen LogP contribution is 2.51. The SMILES string of the molecule is CCCCN1C(=O)C(NC(=O)c2ccccc2F)(C(F)(F)F)C2=C1CC(C)(C)CC2=O. The molecule has 0 aromatic heterocycles. The third kappa shape index (κ3) is 3.74. The average molecular weight is 440 g/mol. The highest BCUT2D eigenvalue weighted by molar-refractivity contribution is 6.14. The molecule has 168 valence electrons. The predicted molar refractivity (Wildman–Crippen MR) is 104 cm³/mol. The highest BCUT2D eigenvalue weighted by Gasteiger charge is 2.71. The quantitative estimate of drug-likeness (QED) is 0.700. The zero-order valence-electron chi connectivity index (χ0n) is 17.5. The number of carbonyl (C=O) groups excluding carboxylic acids is 3. The summed E-state index contributed by atoms with van der Waals surface area (Å²) < 4.78 is 57.7. The Kier molecular flexibility index (Phi) is 5.75. The Labute approximate surface area is 177 Å². The van der Waals surface area contributed by atoms with E-state index in [9.17, 15) is 31.9 Å². The van der Waals surface area contributed by atoms with E-state index in [1.165, 1.54) is 12.1 Å². The van der Waals surface area contributed by atoms with Gasteiger partial charge in [0, 0.05) is 18.7 Å². The van der Waals surface area contributed by atoms with Crippen molar-refractivity contribution in [1.29, 1.82) is 0 Å². The molecule has 0 bridgehead atoms. The van der Waals surface area contributed by atoms with Gasteiger partial charge in [0.25, 0.3) is 11.8 Å². The summed E-state index contributed by atoms with van der Waals surface area (Å²) in [5.74, 6) is -4.71. The second kappa shape index (κ2) is 7.76. The van der Waals surface area contributed by atoms with Crippen LogP contribution >= 0.6 is 0 Å². The number of rotatable bonds is 5. The number of halogens is 4. The van der Waals surface area contributed by atoms with Gasteiger partial charge in [-0.1, -0.05) is 39.3 Å². The fourth-order valence-electron chi connectivity index (χ4n) is 4.26. The number of hydrogen-bond acceptors (Lipinski definition) is 3. The fraction of sp³-hybridized carbons (Fsp3) is 0.500. The van der Waals surface area contributed by atoms with Crippen molar-refractivity contribution in [2.75, 3.05) is 6.54 Å². The first-order valence-corrected chi connectivity index (χ1v) is 10.1. The lowest BCUT2D eigenvalue weighted by atomic mass is 9.72. The normalized spacial score (nSPS) is 23.3. The van der Waals surface area contributed by atoms with Gasteiger partial charge in [0.1, 0.15) is 5.82 Å². The molecule has 2 amide bonds. The minimum Gasteiger partial charge on any atom is -0.326 e. The number of unbranched alkanes of at least 4 members (excludes halogenated alkanes) is 1. The number of ketones is 1. The van der Waals surface area contributed by atoms with E-state index in [-0.39, 0.29) is 25.1 Å². The van der Waals surface area contributed by atoms with Crippen LogP contribution in [0.3, 0.4) is 0 Å². The first kappa shape index (κ1) is 23.0. The Morgan fingerprint density at radius 3 is 2.39 bits per heavy atom. The van der Waals surface area contributed by atoms with Crippen molar-refractivity contribution in [1.82, 2.24) is 10.2 Å². The molecular formula is C22H24F4N2O3. The number of Topliss-reactive ketones (excluding diaryl/α,β-unsaturated/α-hetero) is 1. The molecule has 1 aromatic rings. The number of benzene rings is 1. The van der Waals surface area contributed by atoms with E-state index < -0.39 is 51.7 Å². The van der Waals surface area contributed by atoms with Gasteiger partial charge >= 0.3 is 6.18 Å². The Morgan fingerprint density at radius 2 is 1.81 bits per heavy atom. The largest absolute Gasteiger partial charge is 0.425 e. The van der Waals surface area contributed by atoms with Crippen molar-refractivity contribution in [3.05, 3.63) is 46.9 Å². The Morgan fingerprint density at radius 1 is 1.16 bits per heavy atom. The third-order valence-corrected chi connectivity index (χ3v) is 5.70. The van der Waals surface area contributed by atoms with E-state index >= 15 is 0 Å². The van der Waals surface area contributed by atoms with E-state index in [0.29, 0.717) is 12.8 Å². The molecule has 0 saturated carbocycles. The zero-order chi connectivity index (χ0) is 23.2. The molecule has 1 atom stereocenters. The number of hydrogen-bond donors (Lipinski definition) is 1. The summed E-state index contributed by atoms with van der Waals surface area (Å²) in [4.78, 5) is 39.9. The van der Waals surface area contributed by atoms with Crippen LogP contribution in [0.4, 0.5) is 17.6 Å². The molecule has 2 aliphatic rings. The summed E-state index contributed by atoms with van der Waals surface area (Å²) in [6.45, 7) is 5.29. The number of carbonyl (C=O) groups is 3. The van der Waals surface area contributed by atoms with Crippen LogP contribution in [0.2, 0.25) is 0 Å². The van der Waals surface area contributed by atoms with Gasteiger partial charge in [-0.05, 0) is 30.4 Å². The van der Waals surface area contributed by atoms with Gasteiger partial charge in [-0.3, -0.25) is 14.4 Å². The van der Waals surface area contributed by atoms with Crippen molar-refractivity contribution in [3.8, 4) is 0 Å². The van der Waals surface area contributed by atoms with Crippen molar-refractivity contribution < 1.29 is 31.9 Å². The molecule has 1 heterocycles. The van der Waals surface area contributed by atoms with Gasteiger partial charge in [-0.2, -0.15) is 13.2 Å².